The molecule has 0 saturated carbocycles. The van der Waals surface area contributed by atoms with Crippen LogP contribution in [0.5, 0.6) is 0 Å². The molecule has 188 valence electrons. The van der Waals surface area contributed by atoms with Gasteiger partial charge in [-0.3, -0.25) is 4.79 Å². The molecule has 0 aliphatic rings. The molecule has 0 aliphatic heterocycles. The van der Waals surface area contributed by atoms with Gasteiger partial charge < -0.3 is 4.48 Å². The second-order valence-corrected chi connectivity index (χ2v) is 9.20. The molecule has 1 amide bonds. The molecule has 0 spiro atoms. The third-order valence-corrected chi connectivity index (χ3v) is 5.80. The predicted octanol–water partition coefficient (Wildman–Crippen LogP) is 5.52. The summed E-state index contributed by atoms with van der Waals surface area (Å²) in [5, 5.41) is 0. The molecule has 1 N–H and O–H groups in total. The van der Waals surface area contributed by atoms with Crippen molar-refractivity contribution in [3.63, 3.8) is 0 Å². The number of amides is 1. The summed E-state index contributed by atoms with van der Waals surface area (Å²) >= 11 is 0. The minimum Gasteiger partial charge on any atom is -0.324 e. The second-order valence-electron chi connectivity index (χ2n) is 7.53. The lowest BCUT2D eigenvalue weighted by molar-refractivity contribution is -0.929. The highest BCUT2D eigenvalue weighted by Gasteiger charge is 2.51. The molecule has 0 aliphatic carbocycles. The minimum atomic E-state index is -6.30. The molecule has 5 nitrogen and oxygen atoms in total. The highest BCUT2D eigenvalue weighted by atomic mass is 32.2. The van der Waals surface area contributed by atoms with Crippen molar-refractivity contribution in [1.29, 1.82) is 0 Å². The molecule has 31 heavy (non-hydrogen) atoms. The highest BCUT2D eigenvalue weighted by molar-refractivity contribution is 7.90. The van der Waals surface area contributed by atoms with Crippen LogP contribution in [0.2, 0.25) is 0 Å². The van der Waals surface area contributed by atoms with E-state index in [-0.39, 0.29) is 4.72 Å². The average molecular weight is 488 g/mol. The van der Waals surface area contributed by atoms with Crippen molar-refractivity contribution in [2.45, 2.75) is 90.7 Å². The van der Waals surface area contributed by atoms with Crippen molar-refractivity contribution < 1.29 is 44.0 Å². The van der Waals surface area contributed by atoms with E-state index in [2.05, 4.69) is 27.7 Å². The lowest BCUT2D eigenvalue weighted by Crippen LogP contribution is -2.50. The van der Waals surface area contributed by atoms with Gasteiger partial charge in [0.2, 0.25) is 0 Å². The number of sulfonamides is 1. The first-order valence-corrected chi connectivity index (χ1v) is 12.2. The summed E-state index contributed by atoms with van der Waals surface area (Å²) < 4.78 is 89.4. The minimum absolute atomic E-state index is 0.181. The van der Waals surface area contributed by atoms with Crippen molar-refractivity contribution in [3.8, 4) is 0 Å². The number of hydrogen-bond donors (Lipinski definition) is 1. The SMILES string of the molecule is CCCC[N+](CCCC)(CCCC)CCCC.O=C(NS(=O)(=O)C(F)(F)F)C(F)(F)F. The van der Waals surface area contributed by atoms with Gasteiger partial charge in [-0.25, -0.2) is 4.72 Å². The van der Waals surface area contributed by atoms with Crippen LogP contribution in [0.1, 0.15) is 79.1 Å². The molecule has 0 heterocycles. The molecule has 0 aromatic heterocycles. The van der Waals surface area contributed by atoms with E-state index in [1.807, 2.05) is 0 Å². The maximum atomic E-state index is 11.4. The number of nitrogens with one attached hydrogen (secondary N) is 1. The van der Waals surface area contributed by atoms with Crippen LogP contribution in [0.15, 0.2) is 0 Å². The fourth-order valence-electron chi connectivity index (χ4n) is 2.88. The summed E-state index contributed by atoms with van der Waals surface area (Å²) in [5.74, 6) is -3.20. The summed E-state index contributed by atoms with van der Waals surface area (Å²) in [6.45, 7) is 15.0. The number of hydrogen-bond acceptors (Lipinski definition) is 3. The Morgan fingerprint density at radius 3 is 1.19 bits per heavy atom. The van der Waals surface area contributed by atoms with Gasteiger partial charge in [0.05, 0.1) is 26.2 Å². The number of alkyl halides is 6. The van der Waals surface area contributed by atoms with Gasteiger partial charge >= 0.3 is 27.6 Å². The van der Waals surface area contributed by atoms with E-state index in [0.29, 0.717) is 0 Å². The van der Waals surface area contributed by atoms with E-state index in [1.54, 1.807) is 0 Å². The van der Waals surface area contributed by atoms with Gasteiger partial charge in [0.15, 0.2) is 0 Å². The van der Waals surface area contributed by atoms with Crippen LogP contribution < -0.4 is 4.72 Å². The number of quaternary nitrogens is 1. The molecular formula is C19H37F6N2O3S+. The second kappa shape index (κ2) is 14.9. The lowest BCUT2D eigenvalue weighted by Gasteiger charge is -2.39. The third-order valence-electron chi connectivity index (χ3n) is 4.73. The van der Waals surface area contributed by atoms with Crippen LogP contribution in [0.25, 0.3) is 0 Å². The Bertz CT molecular complexity index is 555. The smallest absolute Gasteiger partial charge is 0.324 e. The fraction of sp³-hybridized carbons (Fsp3) is 0.947. The third kappa shape index (κ3) is 13.9. The topological polar surface area (TPSA) is 63.2 Å². The number of carbonyl (C=O) groups is 1. The van der Waals surface area contributed by atoms with Crippen molar-refractivity contribution in [3.05, 3.63) is 0 Å². The quantitative estimate of drug-likeness (QED) is 0.275. The molecule has 0 aromatic rings. The zero-order chi connectivity index (χ0) is 24.8. The van der Waals surface area contributed by atoms with Gasteiger partial charge in [0.25, 0.3) is 0 Å². The molecule has 0 radical (unpaired) electrons. The Morgan fingerprint density at radius 1 is 0.710 bits per heavy atom. The summed E-state index contributed by atoms with van der Waals surface area (Å²) in [4.78, 5) is 9.81. The summed E-state index contributed by atoms with van der Waals surface area (Å²) in [6, 6.07) is 0. The van der Waals surface area contributed by atoms with Gasteiger partial charge in [0, 0.05) is 0 Å². The number of unbranched alkanes of at least 4 members (excludes halogenated alkanes) is 4. The van der Waals surface area contributed by atoms with Crippen LogP contribution in [-0.4, -0.2) is 56.7 Å². The molecule has 12 heteroatoms. The number of rotatable bonds is 13. The molecule has 0 bridgehead atoms. The first kappa shape index (κ1) is 32.1. The Morgan fingerprint density at radius 2 is 1.00 bits per heavy atom. The van der Waals surface area contributed by atoms with E-state index < -0.39 is 27.6 Å². The monoisotopic (exact) mass is 487 g/mol. The number of halogens is 6. The summed E-state index contributed by atoms with van der Waals surface area (Å²) in [5.41, 5.74) is -5.96. The van der Waals surface area contributed by atoms with Crippen molar-refractivity contribution in [2.75, 3.05) is 26.2 Å². The van der Waals surface area contributed by atoms with Crippen LogP contribution in [0, 0.1) is 0 Å². The number of carbonyl (C=O) groups excluding carboxylic acids is 1. The molecular weight excluding hydrogens is 450 g/mol. The summed E-state index contributed by atoms with van der Waals surface area (Å²) in [7, 11) is -6.30. The van der Waals surface area contributed by atoms with Crippen molar-refractivity contribution in [1.82, 2.24) is 4.72 Å². The van der Waals surface area contributed by atoms with Crippen molar-refractivity contribution in [2.24, 2.45) is 0 Å². The van der Waals surface area contributed by atoms with E-state index >= 15 is 0 Å². The van der Waals surface area contributed by atoms with E-state index in [0.717, 1.165) is 0 Å². The fourth-order valence-corrected chi connectivity index (χ4v) is 3.36. The zero-order valence-electron chi connectivity index (χ0n) is 18.8. The molecule has 0 rings (SSSR count). The van der Waals surface area contributed by atoms with E-state index in [9.17, 15) is 39.6 Å². The predicted molar refractivity (Wildman–Crippen MR) is 109 cm³/mol. The van der Waals surface area contributed by atoms with Crippen LogP contribution in [0.4, 0.5) is 26.3 Å². The number of nitrogens with zero attached hydrogens (tertiary/aromatic N) is 1. The van der Waals surface area contributed by atoms with Gasteiger partial charge in [-0.1, -0.05) is 53.4 Å². The molecule has 0 unspecified atom stereocenters. The van der Waals surface area contributed by atoms with Crippen molar-refractivity contribution >= 4 is 15.9 Å². The average Bonchev–Trinajstić information content (AvgIpc) is 2.65. The van der Waals surface area contributed by atoms with Gasteiger partial charge in [-0.15, -0.1) is 0 Å². The van der Waals surface area contributed by atoms with E-state index in [4.69, 9.17) is 0 Å². The van der Waals surface area contributed by atoms with Gasteiger partial charge in [-0.2, -0.15) is 34.8 Å². The lowest BCUT2D eigenvalue weighted by atomic mass is 10.1. The van der Waals surface area contributed by atoms with Gasteiger partial charge in [-0.05, 0) is 25.7 Å². The maximum Gasteiger partial charge on any atom is 0.516 e. The Labute approximate surface area is 182 Å². The normalized spacial score (nSPS) is 12.8. The Hall–Kier alpha value is -1.04. The van der Waals surface area contributed by atoms with Crippen LogP contribution in [-0.2, 0) is 14.8 Å². The Balaban J connectivity index is 0. The first-order valence-electron chi connectivity index (χ1n) is 10.7. The van der Waals surface area contributed by atoms with Gasteiger partial charge in [0.1, 0.15) is 0 Å². The Kier molecular flexibility index (Phi) is 15.5. The first-order chi connectivity index (χ1) is 14.1. The standard InChI is InChI=1S/C16H36N.C3HF6NO3S/c1-5-9-13-17(14-10-6-2,15-11-7-3)16-12-8-4;4-2(5,6)1(11)10-14(12,13)3(7,8)9/h5-16H2,1-4H3;(H,10,11)/q+1;. The molecule has 0 aromatic carbocycles. The zero-order valence-corrected chi connectivity index (χ0v) is 19.6. The summed E-state index contributed by atoms with van der Waals surface area (Å²) in [6.07, 6.45) is 5.37. The highest BCUT2D eigenvalue weighted by Crippen LogP contribution is 2.23. The molecule has 0 saturated heterocycles. The van der Waals surface area contributed by atoms with E-state index in [1.165, 1.54) is 82.0 Å². The maximum absolute atomic E-state index is 11.4. The largest absolute Gasteiger partial charge is 0.516 e. The van der Waals surface area contributed by atoms with Crippen LogP contribution in [0.3, 0.4) is 0 Å². The molecule has 0 atom stereocenters. The van der Waals surface area contributed by atoms with Crippen LogP contribution >= 0.6 is 0 Å². The molecule has 0 fully saturated rings.